The smallest absolute Gasteiger partial charge is 0.200 e. The van der Waals surface area contributed by atoms with Crippen molar-refractivity contribution >= 4 is 23.1 Å². The number of hydrogen-bond acceptors (Lipinski definition) is 4. The van der Waals surface area contributed by atoms with Gasteiger partial charge in [0.2, 0.25) is 0 Å². The number of benzene rings is 1. The number of aryl methyl sites for hydroxylation is 1. The summed E-state index contributed by atoms with van der Waals surface area (Å²) in [5, 5.41) is 2.21. The highest BCUT2D eigenvalue weighted by molar-refractivity contribution is 6.27. The summed E-state index contributed by atoms with van der Waals surface area (Å²) in [6.07, 6.45) is 7.13. The summed E-state index contributed by atoms with van der Waals surface area (Å²) >= 11 is 0. The third-order valence-corrected chi connectivity index (χ3v) is 5.26. The van der Waals surface area contributed by atoms with E-state index in [-0.39, 0.29) is 5.78 Å². The van der Waals surface area contributed by atoms with E-state index in [0.29, 0.717) is 6.73 Å². The number of hydrogen-bond donors (Lipinski definition) is 0. The molecule has 1 spiro atoms. The first kappa shape index (κ1) is 10.5. The van der Waals surface area contributed by atoms with Crippen LogP contribution in [0, 0.1) is 0 Å². The van der Waals surface area contributed by atoms with Crippen LogP contribution in [-0.2, 0) is 22.4 Å². The lowest BCUT2D eigenvalue weighted by Gasteiger charge is -2.33. The lowest BCUT2D eigenvalue weighted by Crippen LogP contribution is -2.52. The third kappa shape index (κ3) is 0.967. The van der Waals surface area contributed by atoms with Gasteiger partial charge in [-0.2, -0.15) is 0 Å². The van der Waals surface area contributed by atoms with Crippen molar-refractivity contribution in [1.82, 2.24) is 0 Å². The van der Waals surface area contributed by atoms with Crippen molar-refractivity contribution in [3.05, 3.63) is 39.8 Å². The van der Waals surface area contributed by atoms with E-state index < -0.39 is 11.7 Å². The normalized spacial score (nSPS) is 32.6. The maximum absolute atomic E-state index is 12.3. The summed E-state index contributed by atoms with van der Waals surface area (Å²) in [7, 11) is 0. The minimum Gasteiger partial charge on any atom is -0.477 e. The molecule has 0 amide bonds. The van der Waals surface area contributed by atoms with Crippen LogP contribution in [0.4, 0.5) is 0 Å². The largest absolute Gasteiger partial charge is 0.477 e. The molecule has 2 unspecified atom stereocenters. The first-order chi connectivity index (χ1) is 10.3. The summed E-state index contributed by atoms with van der Waals surface area (Å²) in [4.78, 5) is 16.8. The minimum absolute atomic E-state index is 0.00241. The van der Waals surface area contributed by atoms with Crippen LogP contribution >= 0.6 is 0 Å². The Kier molecular flexibility index (Phi) is 1.51. The van der Waals surface area contributed by atoms with E-state index in [0.717, 1.165) is 40.3 Å². The molecular weight excluding hydrogens is 266 g/mol. The Bertz CT molecular complexity index is 953. The van der Waals surface area contributed by atoms with Gasteiger partial charge in [0.1, 0.15) is 12.5 Å². The lowest BCUT2D eigenvalue weighted by molar-refractivity contribution is -0.119. The van der Waals surface area contributed by atoms with E-state index in [4.69, 9.17) is 9.47 Å². The molecule has 0 fully saturated rings. The average molecular weight is 277 g/mol. The number of rotatable bonds is 0. The maximum Gasteiger partial charge on any atom is 0.200 e. The molecule has 6 rings (SSSR count). The van der Waals surface area contributed by atoms with Crippen LogP contribution in [0.1, 0.15) is 11.1 Å². The molecule has 2 atom stereocenters. The van der Waals surface area contributed by atoms with Gasteiger partial charge in [0.25, 0.3) is 0 Å². The molecule has 4 nitrogen and oxygen atoms in total. The summed E-state index contributed by atoms with van der Waals surface area (Å²) < 4.78 is 12.0. The van der Waals surface area contributed by atoms with Crippen molar-refractivity contribution in [3.63, 3.8) is 0 Å². The van der Waals surface area contributed by atoms with Gasteiger partial charge in [0.05, 0.1) is 5.71 Å². The minimum atomic E-state index is -0.672. The number of carbonyl (C=O) groups excluding carboxylic acids is 1. The Hall–Kier alpha value is -2.20. The first-order valence-electron chi connectivity index (χ1n) is 7.28. The van der Waals surface area contributed by atoms with Crippen LogP contribution in [-0.4, -0.2) is 29.9 Å². The van der Waals surface area contributed by atoms with Crippen molar-refractivity contribution in [1.29, 1.82) is 0 Å². The van der Waals surface area contributed by atoms with Crippen LogP contribution in [0.3, 0.4) is 0 Å². The van der Waals surface area contributed by atoms with Gasteiger partial charge in [0.15, 0.2) is 17.5 Å². The molecule has 1 aromatic rings. The topological polar surface area (TPSA) is 47.9 Å². The van der Waals surface area contributed by atoms with E-state index in [1.54, 1.807) is 6.08 Å². The van der Waals surface area contributed by atoms with Crippen molar-refractivity contribution in [2.45, 2.75) is 24.5 Å². The zero-order valence-corrected chi connectivity index (χ0v) is 11.2. The molecule has 3 aliphatic carbocycles. The zero-order valence-electron chi connectivity index (χ0n) is 11.2. The summed E-state index contributed by atoms with van der Waals surface area (Å²) in [5.74, 6) is 0.915. The number of ketones is 1. The van der Waals surface area contributed by atoms with E-state index in [2.05, 4.69) is 17.1 Å². The number of ether oxygens (including phenoxy) is 2. The second-order valence-corrected chi connectivity index (χ2v) is 6.15. The molecule has 0 N–H and O–H groups in total. The Balaban J connectivity index is 1.87. The van der Waals surface area contributed by atoms with Gasteiger partial charge < -0.3 is 9.47 Å². The first-order valence-corrected chi connectivity index (χ1v) is 7.28. The molecule has 0 aromatic heterocycles. The fourth-order valence-electron chi connectivity index (χ4n) is 4.19. The van der Waals surface area contributed by atoms with E-state index in [1.165, 1.54) is 11.1 Å². The second-order valence-electron chi connectivity index (χ2n) is 6.15. The Morgan fingerprint density at radius 1 is 1.33 bits per heavy atom. The van der Waals surface area contributed by atoms with Crippen LogP contribution in [0.2, 0.25) is 0 Å². The SMILES string of the molecule is O=C1C=CC23OCN=C2C=c2cc4c(c5c2=C3C1O5)CC4. The van der Waals surface area contributed by atoms with E-state index >= 15 is 0 Å². The summed E-state index contributed by atoms with van der Waals surface area (Å²) in [6.45, 7) is 0.337. The molecule has 102 valence electrons. The van der Waals surface area contributed by atoms with Gasteiger partial charge in [-0.15, -0.1) is 0 Å². The second kappa shape index (κ2) is 3.02. The fourth-order valence-corrected chi connectivity index (χ4v) is 4.19. The fraction of sp³-hybridized carbons (Fsp3) is 0.294. The average Bonchev–Trinajstić information content (AvgIpc) is 3.02. The quantitative estimate of drug-likeness (QED) is 0.660. The zero-order chi connectivity index (χ0) is 13.8. The summed E-state index contributed by atoms with van der Waals surface area (Å²) in [6, 6.07) is 2.23. The highest BCUT2D eigenvalue weighted by Crippen LogP contribution is 2.43. The Morgan fingerprint density at radius 2 is 2.29 bits per heavy atom. The Labute approximate surface area is 120 Å². The number of carbonyl (C=O) groups is 1. The Morgan fingerprint density at radius 3 is 3.14 bits per heavy atom. The number of aliphatic imine (C=N–C) groups is 1. The molecule has 4 heteroatoms. The molecule has 0 saturated carbocycles. The van der Waals surface area contributed by atoms with Crippen LogP contribution in [0.25, 0.3) is 11.6 Å². The molecule has 2 heterocycles. The van der Waals surface area contributed by atoms with Crippen molar-refractivity contribution < 1.29 is 14.3 Å². The van der Waals surface area contributed by atoms with Gasteiger partial charge >= 0.3 is 0 Å². The molecule has 2 aliphatic heterocycles. The van der Waals surface area contributed by atoms with Gasteiger partial charge in [0, 0.05) is 10.8 Å². The van der Waals surface area contributed by atoms with Gasteiger partial charge in [-0.3, -0.25) is 9.79 Å². The number of fused-ring (bicyclic) bond motifs is 2. The van der Waals surface area contributed by atoms with Crippen LogP contribution in [0.5, 0.6) is 5.75 Å². The van der Waals surface area contributed by atoms with E-state index in [9.17, 15) is 4.79 Å². The highest BCUT2D eigenvalue weighted by Gasteiger charge is 2.53. The monoisotopic (exact) mass is 277 g/mol. The molecule has 1 aromatic carbocycles. The predicted molar refractivity (Wildman–Crippen MR) is 75.7 cm³/mol. The van der Waals surface area contributed by atoms with Gasteiger partial charge in [-0.25, -0.2) is 0 Å². The van der Waals surface area contributed by atoms with Gasteiger partial charge in [-0.1, -0.05) is 6.07 Å². The molecule has 5 aliphatic rings. The molecule has 21 heavy (non-hydrogen) atoms. The van der Waals surface area contributed by atoms with Crippen molar-refractivity contribution in [2.75, 3.05) is 6.73 Å². The molecule has 0 saturated heterocycles. The standard InChI is InChI=1S/C17H11NO3/c19-11-3-4-17-12(18-7-20-17)6-9-5-8-1-2-10(8)15-13(9)14(17)16(11)21-15/h3-6,16H,1-2,7H2. The molecule has 0 bridgehead atoms. The summed E-state index contributed by atoms with van der Waals surface area (Å²) in [5.41, 5.74) is 3.79. The third-order valence-electron chi connectivity index (χ3n) is 5.26. The van der Waals surface area contributed by atoms with E-state index in [1.807, 2.05) is 6.08 Å². The number of nitrogens with zero attached hydrogens (tertiary/aromatic N) is 1. The molecule has 0 radical (unpaired) electrons. The van der Waals surface area contributed by atoms with Gasteiger partial charge in [-0.05, 0) is 47.4 Å². The van der Waals surface area contributed by atoms with Crippen molar-refractivity contribution in [2.24, 2.45) is 4.99 Å². The van der Waals surface area contributed by atoms with Crippen molar-refractivity contribution in [3.8, 4) is 5.75 Å². The lowest BCUT2D eigenvalue weighted by atomic mass is 9.75. The highest BCUT2D eigenvalue weighted by atomic mass is 16.5. The molecular formula is C17H11NO3. The maximum atomic E-state index is 12.3. The van der Waals surface area contributed by atoms with Crippen LogP contribution in [0.15, 0.2) is 23.2 Å². The van der Waals surface area contributed by atoms with Crippen LogP contribution < -0.4 is 15.2 Å². The predicted octanol–water partition coefficient (Wildman–Crippen LogP) is -0.203.